The van der Waals surface area contributed by atoms with Crippen molar-refractivity contribution in [3.05, 3.63) is 70.2 Å². The molecule has 1 saturated heterocycles. The fraction of sp³-hybridized carbons (Fsp3) is 0.286. The summed E-state index contributed by atoms with van der Waals surface area (Å²) in [5, 5.41) is 9.64. The molecule has 3 rings (SSSR count). The van der Waals surface area contributed by atoms with Gasteiger partial charge in [0.25, 0.3) is 0 Å². The SMILES string of the molecule is O=C(O)c1cccc(CC(=O)N2CCC(C(=O)c3ccc(Cl)cc3)CC2)c1. The molecule has 5 nitrogen and oxygen atoms in total. The maximum Gasteiger partial charge on any atom is 0.335 e. The Morgan fingerprint density at radius 2 is 1.67 bits per heavy atom. The number of aromatic carboxylic acids is 1. The number of Topliss-reactive ketones (excluding diaryl/α,β-unsaturated/α-hetero) is 1. The Kier molecular flexibility index (Phi) is 5.91. The normalized spacial score (nSPS) is 14.8. The molecular weight excluding hydrogens is 366 g/mol. The van der Waals surface area contributed by atoms with Crippen molar-refractivity contribution in [2.24, 2.45) is 5.92 Å². The molecule has 0 unspecified atom stereocenters. The lowest BCUT2D eigenvalue weighted by Gasteiger charge is -2.31. The van der Waals surface area contributed by atoms with E-state index < -0.39 is 5.97 Å². The van der Waals surface area contributed by atoms with E-state index in [0.717, 1.165) is 0 Å². The van der Waals surface area contributed by atoms with Crippen molar-refractivity contribution in [3.63, 3.8) is 0 Å². The number of carbonyl (C=O) groups is 3. The van der Waals surface area contributed by atoms with Crippen LogP contribution in [0.3, 0.4) is 0 Å². The van der Waals surface area contributed by atoms with Gasteiger partial charge in [-0.1, -0.05) is 23.7 Å². The first-order valence-electron chi connectivity index (χ1n) is 8.84. The highest BCUT2D eigenvalue weighted by atomic mass is 35.5. The predicted molar refractivity (Wildman–Crippen MR) is 102 cm³/mol. The minimum Gasteiger partial charge on any atom is -0.478 e. The molecular formula is C21H20ClNO4. The van der Waals surface area contributed by atoms with Crippen LogP contribution in [0.15, 0.2) is 48.5 Å². The number of hydrogen-bond donors (Lipinski definition) is 1. The van der Waals surface area contributed by atoms with Crippen LogP contribution in [0.5, 0.6) is 0 Å². The number of piperidine rings is 1. The molecule has 1 amide bonds. The van der Waals surface area contributed by atoms with E-state index in [9.17, 15) is 14.4 Å². The second-order valence-corrected chi connectivity index (χ2v) is 7.14. The third kappa shape index (κ3) is 4.74. The first-order valence-corrected chi connectivity index (χ1v) is 9.21. The van der Waals surface area contributed by atoms with Crippen molar-refractivity contribution in [2.75, 3.05) is 13.1 Å². The fourth-order valence-electron chi connectivity index (χ4n) is 3.34. The van der Waals surface area contributed by atoms with Gasteiger partial charge in [0.05, 0.1) is 12.0 Å². The van der Waals surface area contributed by atoms with Crippen LogP contribution in [0.25, 0.3) is 0 Å². The second-order valence-electron chi connectivity index (χ2n) is 6.71. The van der Waals surface area contributed by atoms with Crippen LogP contribution in [0.4, 0.5) is 0 Å². The summed E-state index contributed by atoms with van der Waals surface area (Å²) in [6.45, 7) is 1.06. The van der Waals surface area contributed by atoms with Gasteiger partial charge in [0.2, 0.25) is 5.91 Å². The third-order valence-corrected chi connectivity index (χ3v) is 5.13. The molecule has 2 aromatic rings. The highest BCUT2D eigenvalue weighted by Gasteiger charge is 2.28. The van der Waals surface area contributed by atoms with E-state index >= 15 is 0 Å². The number of ketones is 1. The molecule has 1 fully saturated rings. The van der Waals surface area contributed by atoms with Gasteiger partial charge in [0, 0.05) is 29.6 Å². The lowest BCUT2D eigenvalue weighted by molar-refractivity contribution is -0.131. The highest BCUT2D eigenvalue weighted by Crippen LogP contribution is 2.23. The number of carboxylic acid groups (broad SMARTS) is 1. The molecule has 0 atom stereocenters. The van der Waals surface area contributed by atoms with Gasteiger partial charge < -0.3 is 10.0 Å². The molecule has 27 heavy (non-hydrogen) atoms. The minimum absolute atomic E-state index is 0.0464. The zero-order chi connectivity index (χ0) is 19.4. The summed E-state index contributed by atoms with van der Waals surface area (Å²) in [7, 11) is 0. The van der Waals surface area contributed by atoms with Crippen molar-refractivity contribution in [1.82, 2.24) is 4.90 Å². The van der Waals surface area contributed by atoms with Gasteiger partial charge in [-0.05, 0) is 54.8 Å². The fourth-order valence-corrected chi connectivity index (χ4v) is 3.47. The van der Waals surface area contributed by atoms with Gasteiger partial charge >= 0.3 is 5.97 Å². The predicted octanol–water partition coefficient (Wildman–Crippen LogP) is 3.70. The van der Waals surface area contributed by atoms with Gasteiger partial charge in [-0.25, -0.2) is 4.79 Å². The summed E-state index contributed by atoms with van der Waals surface area (Å²) >= 11 is 5.86. The summed E-state index contributed by atoms with van der Waals surface area (Å²) in [5.41, 5.74) is 1.50. The largest absolute Gasteiger partial charge is 0.478 e. The zero-order valence-electron chi connectivity index (χ0n) is 14.7. The van der Waals surface area contributed by atoms with E-state index in [-0.39, 0.29) is 29.6 Å². The highest BCUT2D eigenvalue weighted by molar-refractivity contribution is 6.30. The average molecular weight is 386 g/mol. The average Bonchev–Trinajstić information content (AvgIpc) is 2.68. The Morgan fingerprint density at radius 3 is 2.30 bits per heavy atom. The van der Waals surface area contributed by atoms with Crippen LogP contribution in [0.1, 0.15) is 39.1 Å². The van der Waals surface area contributed by atoms with E-state index in [1.54, 1.807) is 41.3 Å². The molecule has 0 aliphatic carbocycles. The molecule has 0 bridgehead atoms. The van der Waals surface area contributed by atoms with Crippen molar-refractivity contribution >= 4 is 29.3 Å². The molecule has 0 spiro atoms. The first kappa shape index (κ1) is 19.1. The molecule has 1 aliphatic heterocycles. The van der Waals surface area contributed by atoms with E-state index in [0.29, 0.717) is 42.1 Å². The molecule has 1 heterocycles. The summed E-state index contributed by atoms with van der Waals surface area (Å²) in [6.07, 6.45) is 1.42. The smallest absolute Gasteiger partial charge is 0.335 e. The molecule has 140 valence electrons. The number of carbonyl (C=O) groups excluding carboxylic acids is 2. The van der Waals surface area contributed by atoms with Gasteiger partial charge in [-0.2, -0.15) is 0 Å². The second kappa shape index (κ2) is 8.35. The zero-order valence-corrected chi connectivity index (χ0v) is 15.5. The standard InChI is InChI=1S/C21H20ClNO4/c22-18-6-4-15(5-7-18)20(25)16-8-10-23(11-9-16)19(24)13-14-2-1-3-17(12-14)21(26)27/h1-7,12,16H,8-11,13H2,(H,26,27). The van der Waals surface area contributed by atoms with E-state index in [2.05, 4.69) is 0 Å². The molecule has 2 aromatic carbocycles. The lowest BCUT2D eigenvalue weighted by Crippen LogP contribution is -2.41. The van der Waals surface area contributed by atoms with Crippen molar-refractivity contribution in [1.29, 1.82) is 0 Å². The Bertz CT molecular complexity index is 855. The Hall–Kier alpha value is -2.66. The number of hydrogen-bond acceptors (Lipinski definition) is 3. The lowest BCUT2D eigenvalue weighted by atomic mass is 9.88. The van der Waals surface area contributed by atoms with Crippen LogP contribution in [-0.4, -0.2) is 40.8 Å². The summed E-state index contributed by atoms with van der Waals surface area (Å²) in [5.74, 6) is -1.06. The monoisotopic (exact) mass is 385 g/mol. The molecule has 6 heteroatoms. The van der Waals surface area contributed by atoms with Crippen LogP contribution in [-0.2, 0) is 11.2 Å². The van der Waals surface area contributed by atoms with E-state index in [1.165, 1.54) is 12.1 Å². The number of amides is 1. The maximum absolute atomic E-state index is 12.6. The van der Waals surface area contributed by atoms with Gasteiger partial charge in [-0.15, -0.1) is 0 Å². The van der Waals surface area contributed by atoms with Crippen molar-refractivity contribution < 1.29 is 19.5 Å². The Balaban J connectivity index is 1.56. The number of benzene rings is 2. The first-order chi connectivity index (χ1) is 12.9. The molecule has 1 aliphatic rings. The van der Waals surface area contributed by atoms with Crippen LogP contribution in [0, 0.1) is 5.92 Å². The number of halogens is 1. The summed E-state index contributed by atoms with van der Waals surface area (Å²) < 4.78 is 0. The summed E-state index contributed by atoms with van der Waals surface area (Å²) in [4.78, 5) is 37.9. The van der Waals surface area contributed by atoms with Crippen LogP contribution < -0.4 is 0 Å². The van der Waals surface area contributed by atoms with Gasteiger partial charge in [0.15, 0.2) is 5.78 Å². The van der Waals surface area contributed by atoms with Gasteiger partial charge in [0.1, 0.15) is 0 Å². The number of likely N-dealkylation sites (tertiary alicyclic amines) is 1. The summed E-state index contributed by atoms with van der Waals surface area (Å²) in [6, 6.07) is 13.3. The van der Waals surface area contributed by atoms with E-state index in [1.807, 2.05) is 0 Å². The molecule has 1 N–H and O–H groups in total. The Labute approximate surface area is 162 Å². The van der Waals surface area contributed by atoms with E-state index in [4.69, 9.17) is 16.7 Å². The molecule has 0 saturated carbocycles. The quantitative estimate of drug-likeness (QED) is 0.796. The van der Waals surface area contributed by atoms with Crippen molar-refractivity contribution in [2.45, 2.75) is 19.3 Å². The number of carboxylic acids is 1. The molecule has 0 aromatic heterocycles. The minimum atomic E-state index is -1.01. The van der Waals surface area contributed by atoms with Crippen LogP contribution in [0.2, 0.25) is 5.02 Å². The van der Waals surface area contributed by atoms with Crippen molar-refractivity contribution in [3.8, 4) is 0 Å². The van der Waals surface area contributed by atoms with Crippen LogP contribution >= 0.6 is 11.6 Å². The third-order valence-electron chi connectivity index (χ3n) is 4.88. The Morgan fingerprint density at radius 1 is 1.00 bits per heavy atom. The number of rotatable bonds is 5. The van der Waals surface area contributed by atoms with Gasteiger partial charge in [-0.3, -0.25) is 9.59 Å². The topological polar surface area (TPSA) is 74.7 Å². The maximum atomic E-state index is 12.6. The number of nitrogens with zero attached hydrogens (tertiary/aromatic N) is 1. The molecule has 0 radical (unpaired) electrons.